The first kappa shape index (κ1) is 14.3. The summed E-state index contributed by atoms with van der Waals surface area (Å²) in [5.74, 6) is 0. The SMILES string of the molecule is ONC=Nc1ccc(N2CCCCCCC2)c(Br)c1. The maximum absolute atomic E-state index is 8.49. The minimum atomic E-state index is 0.809. The van der Waals surface area contributed by atoms with Gasteiger partial charge in [-0.3, -0.25) is 10.7 Å². The van der Waals surface area contributed by atoms with E-state index < -0.39 is 0 Å². The molecule has 4 nitrogen and oxygen atoms in total. The highest BCUT2D eigenvalue weighted by atomic mass is 79.9. The van der Waals surface area contributed by atoms with E-state index in [1.165, 1.54) is 44.1 Å². The number of hydrogen-bond acceptors (Lipinski definition) is 3. The van der Waals surface area contributed by atoms with Crippen LogP contribution in [0.2, 0.25) is 0 Å². The third kappa shape index (κ3) is 4.21. The number of anilines is 1. The summed E-state index contributed by atoms with van der Waals surface area (Å²) in [7, 11) is 0. The molecule has 0 amide bonds. The zero-order valence-corrected chi connectivity index (χ0v) is 12.6. The quantitative estimate of drug-likeness (QED) is 0.504. The molecule has 1 saturated heterocycles. The van der Waals surface area contributed by atoms with Crippen molar-refractivity contribution >= 4 is 33.6 Å². The van der Waals surface area contributed by atoms with Crippen LogP contribution in [0.15, 0.2) is 27.7 Å². The fraction of sp³-hybridized carbons (Fsp3) is 0.500. The summed E-state index contributed by atoms with van der Waals surface area (Å²) >= 11 is 3.62. The summed E-state index contributed by atoms with van der Waals surface area (Å²) in [5, 5.41) is 8.49. The molecule has 19 heavy (non-hydrogen) atoms. The second-order valence-electron chi connectivity index (χ2n) is 4.78. The van der Waals surface area contributed by atoms with Crippen molar-refractivity contribution in [3.8, 4) is 0 Å². The van der Waals surface area contributed by atoms with Crippen LogP contribution in [-0.4, -0.2) is 24.6 Å². The van der Waals surface area contributed by atoms with Crippen LogP contribution >= 0.6 is 15.9 Å². The molecule has 5 heteroatoms. The summed E-state index contributed by atoms with van der Waals surface area (Å²) in [4.78, 5) is 6.52. The second-order valence-corrected chi connectivity index (χ2v) is 5.63. The van der Waals surface area contributed by atoms with Crippen molar-refractivity contribution in [2.75, 3.05) is 18.0 Å². The first-order valence-corrected chi connectivity index (χ1v) is 7.57. The Balaban J connectivity index is 2.12. The summed E-state index contributed by atoms with van der Waals surface area (Å²) in [6.07, 6.45) is 7.83. The molecule has 0 aliphatic carbocycles. The Hall–Kier alpha value is -1.07. The smallest absolute Gasteiger partial charge is 0.113 e. The van der Waals surface area contributed by atoms with E-state index >= 15 is 0 Å². The van der Waals surface area contributed by atoms with Crippen LogP contribution in [0.1, 0.15) is 32.1 Å². The molecular weight excluding hydrogens is 306 g/mol. The molecule has 0 aromatic heterocycles. The molecule has 1 aromatic carbocycles. The van der Waals surface area contributed by atoms with Crippen molar-refractivity contribution in [1.82, 2.24) is 5.48 Å². The summed E-state index contributed by atoms with van der Waals surface area (Å²) < 4.78 is 1.06. The number of aliphatic imine (C=N–C) groups is 1. The van der Waals surface area contributed by atoms with Gasteiger partial charge in [0.05, 0.1) is 11.4 Å². The molecule has 1 aliphatic rings. The van der Waals surface area contributed by atoms with E-state index in [9.17, 15) is 0 Å². The number of hydroxylamine groups is 1. The number of rotatable bonds is 3. The molecule has 0 bridgehead atoms. The average Bonchev–Trinajstić information content (AvgIpc) is 2.37. The van der Waals surface area contributed by atoms with Crippen LogP contribution in [0.4, 0.5) is 11.4 Å². The first-order chi connectivity index (χ1) is 9.31. The largest absolute Gasteiger partial charge is 0.371 e. The molecule has 0 saturated carbocycles. The van der Waals surface area contributed by atoms with Gasteiger partial charge in [-0.25, -0.2) is 4.99 Å². The second kappa shape index (κ2) is 7.50. The van der Waals surface area contributed by atoms with Gasteiger partial charge in [-0.2, -0.15) is 0 Å². The fourth-order valence-corrected chi connectivity index (χ4v) is 3.04. The summed E-state index contributed by atoms with van der Waals surface area (Å²) in [5.41, 5.74) is 3.95. The molecule has 1 heterocycles. The zero-order chi connectivity index (χ0) is 13.5. The summed E-state index contributed by atoms with van der Waals surface area (Å²) in [6.45, 7) is 2.25. The van der Waals surface area contributed by atoms with E-state index in [4.69, 9.17) is 5.21 Å². The Morgan fingerprint density at radius 1 is 1.16 bits per heavy atom. The summed E-state index contributed by atoms with van der Waals surface area (Å²) in [6, 6.07) is 6.03. The normalized spacial score (nSPS) is 17.3. The van der Waals surface area contributed by atoms with Gasteiger partial charge in [0.2, 0.25) is 0 Å². The highest BCUT2D eigenvalue weighted by Crippen LogP contribution is 2.31. The highest BCUT2D eigenvalue weighted by Gasteiger charge is 2.12. The van der Waals surface area contributed by atoms with Crippen LogP contribution < -0.4 is 10.4 Å². The maximum Gasteiger partial charge on any atom is 0.113 e. The number of halogens is 1. The van der Waals surface area contributed by atoms with E-state index in [0.29, 0.717) is 0 Å². The number of nitrogens with zero attached hydrogens (tertiary/aromatic N) is 2. The molecule has 0 spiro atoms. The average molecular weight is 326 g/mol. The van der Waals surface area contributed by atoms with Crippen molar-refractivity contribution in [2.24, 2.45) is 4.99 Å². The van der Waals surface area contributed by atoms with Gasteiger partial charge in [0, 0.05) is 17.6 Å². The molecule has 1 aliphatic heterocycles. The van der Waals surface area contributed by atoms with Gasteiger partial charge in [-0.05, 0) is 47.0 Å². The molecule has 0 radical (unpaired) electrons. The van der Waals surface area contributed by atoms with Crippen molar-refractivity contribution in [2.45, 2.75) is 32.1 Å². The lowest BCUT2D eigenvalue weighted by atomic mass is 10.1. The molecule has 0 atom stereocenters. The maximum atomic E-state index is 8.49. The lowest BCUT2D eigenvalue weighted by Crippen LogP contribution is -2.27. The van der Waals surface area contributed by atoms with E-state index in [1.54, 1.807) is 0 Å². The predicted octanol–water partition coefficient (Wildman–Crippen LogP) is 3.86. The van der Waals surface area contributed by atoms with Gasteiger partial charge in [-0.15, -0.1) is 0 Å². The van der Waals surface area contributed by atoms with E-state index in [-0.39, 0.29) is 0 Å². The van der Waals surface area contributed by atoms with Crippen LogP contribution in [0.5, 0.6) is 0 Å². The number of benzene rings is 1. The molecule has 2 rings (SSSR count). The number of nitrogens with one attached hydrogen (secondary N) is 1. The van der Waals surface area contributed by atoms with Gasteiger partial charge in [0.1, 0.15) is 6.34 Å². The van der Waals surface area contributed by atoms with Gasteiger partial charge in [0.15, 0.2) is 0 Å². The third-order valence-corrected chi connectivity index (χ3v) is 4.03. The van der Waals surface area contributed by atoms with E-state index in [1.807, 2.05) is 17.6 Å². The number of hydrogen-bond donors (Lipinski definition) is 2. The van der Waals surface area contributed by atoms with Gasteiger partial charge in [-0.1, -0.05) is 19.3 Å². The Kier molecular flexibility index (Phi) is 5.66. The van der Waals surface area contributed by atoms with Crippen molar-refractivity contribution < 1.29 is 5.21 Å². The van der Waals surface area contributed by atoms with Gasteiger partial charge >= 0.3 is 0 Å². The molecule has 1 fully saturated rings. The lowest BCUT2D eigenvalue weighted by molar-refractivity contribution is 0.240. The van der Waals surface area contributed by atoms with Crippen molar-refractivity contribution in [3.63, 3.8) is 0 Å². The zero-order valence-electron chi connectivity index (χ0n) is 11.0. The molecule has 2 N–H and O–H groups in total. The molecule has 1 aromatic rings. The topological polar surface area (TPSA) is 47.9 Å². The van der Waals surface area contributed by atoms with E-state index in [2.05, 4.69) is 31.9 Å². The minimum absolute atomic E-state index is 0.809. The Bertz CT molecular complexity index is 429. The predicted molar refractivity (Wildman–Crippen MR) is 82.5 cm³/mol. The van der Waals surface area contributed by atoms with Gasteiger partial charge < -0.3 is 4.90 Å². The molecule has 0 unspecified atom stereocenters. The first-order valence-electron chi connectivity index (χ1n) is 6.78. The van der Waals surface area contributed by atoms with Crippen molar-refractivity contribution in [3.05, 3.63) is 22.7 Å². The van der Waals surface area contributed by atoms with Gasteiger partial charge in [0.25, 0.3) is 0 Å². The fourth-order valence-electron chi connectivity index (χ4n) is 2.42. The third-order valence-electron chi connectivity index (χ3n) is 3.40. The van der Waals surface area contributed by atoms with Crippen LogP contribution in [0.25, 0.3) is 0 Å². The Morgan fingerprint density at radius 2 is 1.84 bits per heavy atom. The van der Waals surface area contributed by atoms with Crippen LogP contribution in [0.3, 0.4) is 0 Å². The lowest BCUT2D eigenvalue weighted by Gasteiger charge is -2.27. The Morgan fingerprint density at radius 3 is 2.47 bits per heavy atom. The van der Waals surface area contributed by atoms with Crippen LogP contribution in [-0.2, 0) is 0 Å². The molecular formula is C14H20BrN3O. The minimum Gasteiger partial charge on any atom is -0.371 e. The molecule has 104 valence electrons. The van der Waals surface area contributed by atoms with Crippen molar-refractivity contribution in [1.29, 1.82) is 0 Å². The van der Waals surface area contributed by atoms with E-state index in [0.717, 1.165) is 23.2 Å². The Labute approximate surface area is 122 Å². The van der Waals surface area contributed by atoms with Crippen LogP contribution in [0, 0.1) is 0 Å². The monoisotopic (exact) mass is 325 g/mol. The highest BCUT2D eigenvalue weighted by molar-refractivity contribution is 9.10. The standard InChI is InChI=1S/C14H20BrN3O/c15-13-10-12(16-11-17-19)6-7-14(13)18-8-4-2-1-3-5-9-18/h6-7,10-11,19H,1-5,8-9H2,(H,16,17).